The fourth-order valence-electron chi connectivity index (χ4n) is 2.74. The molecular weight excluding hydrogens is 230 g/mol. The summed E-state index contributed by atoms with van der Waals surface area (Å²) in [5, 5.41) is 16.7. The molecule has 0 aromatic carbocycles. The molecule has 1 heterocycles. The second-order valence-corrected chi connectivity index (χ2v) is 5.07. The zero-order chi connectivity index (χ0) is 13.0. The van der Waals surface area contributed by atoms with E-state index in [2.05, 4.69) is 10.4 Å². The van der Waals surface area contributed by atoms with Crippen LogP contribution in [-0.2, 0) is 18.4 Å². The van der Waals surface area contributed by atoms with Crippen molar-refractivity contribution < 1.29 is 9.90 Å². The number of hydrogen-bond acceptors (Lipinski definition) is 3. The zero-order valence-corrected chi connectivity index (χ0v) is 10.8. The summed E-state index contributed by atoms with van der Waals surface area (Å²) in [4.78, 5) is 11.2. The first-order valence-corrected chi connectivity index (χ1v) is 6.59. The molecule has 0 spiro atoms. The predicted octanol–water partition coefficient (Wildman–Crippen LogP) is 1.40. The summed E-state index contributed by atoms with van der Waals surface area (Å²) in [6, 6.07) is 1.97. The van der Waals surface area contributed by atoms with Crippen LogP contribution in [0.4, 0.5) is 0 Å². The van der Waals surface area contributed by atoms with E-state index in [0.717, 1.165) is 44.5 Å². The first-order valence-electron chi connectivity index (χ1n) is 6.59. The van der Waals surface area contributed by atoms with Crippen molar-refractivity contribution in [1.29, 1.82) is 0 Å². The predicted molar refractivity (Wildman–Crippen MR) is 68.0 cm³/mol. The molecule has 2 unspecified atom stereocenters. The highest BCUT2D eigenvalue weighted by atomic mass is 16.4. The molecule has 18 heavy (non-hydrogen) atoms. The molecule has 1 saturated carbocycles. The Morgan fingerprint density at radius 3 is 3.00 bits per heavy atom. The van der Waals surface area contributed by atoms with Crippen molar-refractivity contribution in [1.82, 2.24) is 15.1 Å². The molecule has 2 rings (SSSR count). The van der Waals surface area contributed by atoms with Gasteiger partial charge in [-0.05, 0) is 31.4 Å². The van der Waals surface area contributed by atoms with Gasteiger partial charge >= 0.3 is 5.97 Å². The molecular formula is C13H21N3O2. The van der Waals surface area contributed by atoms with Crippen LogP contribution in [0, 0.1) is 11.8 Å². The van der Waals surface area contributed by atoms with Crippen LogP contribution in [0.3, 0.4) is 0 Å². The van der Waals surface area contributed by atoms with Gasteiger partial charge in [-0.3, -0.25) is 9.48 Å². The van der Waals surface area contributed by atoms with Gasteiger partial charge in [0.15, 0.2) is 0 Å². The van der Waals surface area contributed by atoms with Crippen molar-refractivity contribution in [2.45, 2.75) is 32.2 Å². The van der Waals surface area contributed by atoms with E-state index in [1.54, 1.807) is 6.20 Å². The number of nitrogens with zero attached hydrogens (tertiary/aromatic N) is 2. The molecule has 0 bridgehead atoms. The Morgan fingerprint density at radius 2 is 2.33 bits per heavy atom. The number of rotatable bonds is 5. The quantitative estimate of drug-likeness (QED) is 0.830. The molecule has 5 heteroatoms. The number of hydrogen-bond donors (Lipinski definition) is 2. The molecule has 1 aliphatic rings. The Labute approximate surface area is 107 Å². The Kier molecular flexibility index (Phi) is 4.36. The van der Waals surface area contributed by atoms with Crippen LogP contribution in [0.5, 0.6) is 0 Å². The normalized spacial score (nSPS) is 24.1. The fourth-order valence-corrected chi connectivity index (χ4v) is 2.74. The van der Waals surface area contributed by atoms with Crippen LogP contribution >= 0.6 is 0 Å². The lowest BCUT2D eigenvalue weighted by Crippen LogP contribution is -2.34. The number of aromatic nitrogens is 2. The highest BCUT2D eigenvalue weighted by Gasteiger charge is 2.30. The average Bonchev–Trinajstić information content (AvgIpc) is 2.76. The van der Waals surface area contributed by atoms with Crippen molar-refractivity contribution in [3.63, 3.8) is 0 Å². The molecule has 1 aromatic rings. The monoisotopic (exact) mass is 251 g/mol. The van der Waals surface area contributed by atoms with Gasteiger partial charge in [-0.1, -0.05) is 12.8 Å². The molecule has 0 aliphatic heterocycles. The third-order valence-corrected chi connectivity index (χ3v) is 3.86. The fraction of sp³-hybridized carbons (Fsp3) is 0.692. The molecule has 100 valence electrons. The van der Waals surface area contributed by atoms with Crippen LogP contribution in [0.25, 0.3) is 0 Å². The third kappa shape index (κ3) is 3.10. The first kappa shape index (κ1) is 13.1. The van der Waals surface area contributed by atoms with Crippen LogP contribution in [0.15, 0.2) is 12.3 Å². The smallest absolute Gasteiger partial charge is 0.306 e. The molecule has 0 saturated heterocycles. The van der Waals surface area contributed by atoms with Crippen LogP contribution in [0.2, 0.25) is 0 Å². The molecule has 0 amide bonds. The van der Waals surface area contributed by atoms with E-state index in [0.29, 0.717) is 0 Å². The topological polar surface area (TPSA) is 67.2 Å². The van der Waals surface area contributed by atoms with E-state index in [4.69, 9.17) is 0 Å². The maximum Gasteiger partial charge on any atom is 0.306 e. The zero-order valence-electron chi connectivity index (χ0n) is 10.8. The number of aliphatic carboxylic acids is 1. The standard InChI is InChI=1S/C13H21N3O2/c1-16-11(6-7-15-16)9-14-8-10-4-2-3-5-12(10)13(17)18/h6-7,10,12,14H,2-5,8-9H2,1H3,(H,17,18). The average molecular weight is 251 g/mol. The van der Waals surface area contributed by atoms with Gasteiger partial charge in [0.05, 0.1) is 11.6 Å². The minimum absolute atomic E-state index is 0.169. The van der Waals surface area contributed by atoms with Crippen LogP contribution in [0.1, 0.15) is 31.4 Å². The van der Waals surface area contributed by atoms with Gasteiger partial charge in [0, 0.05) is 19.8 Å². The molecule has 2 atom stereocenters. The van der Waals surface area contributed by atoms with Gasteiger partial charge < -0.3 is 10.4 Å². The van der Waals surface area contributed by atoms with Gasteiger partial charge in [-0.2, -0.15) is 5.10 Å². The molecule has 1 aromatic heterocycles. The van der Waals surface area contributed by atoms with E-state index in [1.165, 1.54) is 0 Å². The van der Waals surface area contributed by atoms with Crippen molar-refractivity contribution in [3.8, 4) is 0 Å². The minimum atomic E-state index is -0.637. The molecule has 1 aliphatic carbocycles. The summed E-state index contributed by atoms with van der Waals surface area (Å²) in [6.45, 7) is 1.53. The lowest BCUT2D eigenvalue weighted by molar-refractivity contribution is -0.144. The SMILES string of the molecule is Cn1nccc1CNCC1CCCCC1C(=O)O. The Morgan fingerprint density at radius 1 is 1.56 bits per heavy atom. The Hall–Kier alpha value is -1.36. The van der Waals surface area contributed by atoms with Crippen molar-refractivity contribution in [2.75, 3.05) is 6.54 Å². The maximum absolute atomic E-state index is 11.2. The Balaban J connectivity index is 1.81. The number of carbonyl (C=O) groups is 1. The summed E-state index contributed by atoms with van der Waals surface area (Å²) in [5.74, 6) is -0.538. The third-order valence-electron chi connectivity index (χ3n) is 3.86. The summed E-state index contributed by atoms with van der Waals surface area (Å²) in [5.41, 5.74) is 1.12. The lowest BCUT2D eigenvalue weighted by Gasteiger charge is -2.28. The van der Waals surface area contributed by atoms with Crippen LogP contribution < -0.4 is 5.32 Å². The molecule has 1 fully saturated rings. The summed E-state index contributed by atoms with van der Waals surface area (Å²) >= 11 is 0. The van der Waals surface area contributed by atoms with E-state index in [9.17, 15) is 9.90 Å². The molecule has 0 radical (unpaired) electrons. The second-order valence-electron chi connectivity index (χ2n) is 5.07. The van der Waals surface area contributed by atoms with Gasteiger partial charge in [0.2, 0.25) is 0 Å². The van der Waals surface area contributed by atoms with E-state index in [1.807, 2.05) is 17.8 Å². The lowest BCUT2D eigenvalue weighted by atomic mass is 9.79. The van der Waals surface area contributed by atoms with Gasteiger partial charge in [-0.25, -0.2) is 0 Å². The maximum atomic E-state index is 11.2. The number of aryl methyl sites for hydroxylation is 1. The number of nitrogens with one attached hydrogen (secondary N) is 1. The van der Waals surface area contributed by atoms with E-state index < -0.39 is 5.97 Å². The number of carboxylic acid groups (broad SMARTS) is 1. The largest absolute Gasteiger partial charge is 0.481 e. The van der Waals surface area contributed by atoms with E-state index >= 15 is 0 Å². The van der Waals surface area contributed by atoms with Gasteiger partial charge in [0.1, 0.15) is 0 Å². The minimum Gasteiger partial charge on any atom is -0.481 e. The highest BCUT2D eigenvalue weighted by Crippen LogP contribution is 2.29. The number of carboxylic acids is 1. The summed E-state index contributed by atoms with van der Waals surface area (Å²) in [6.07, 6.45) is 5.83. The van der Waals surface area contributed by atoms with Crippen molar-refractivity contribution in [3.05, 3.63) is 18.0 Å². The molecule has 5 nitrogen and oxygen atoms in total. The summed E-state index contributed by atoms with van der Waals surface area (Å²) in [7, 11) is 1.91. The summed E-state index contributed by atoms with van der Waals surface area (Å²) < 4.78 is 1.84. The highest BCUT2D eigenvalue weighted by molar-refractivity contribution is 5.70. The van der Waals surface area contributed by atoms with Crippen molar-refractivity contribution >= 4 is 5.97 Å². The van der Waals surface area contributed by atoms with Crippen molar-refractivity contribution in [2.24, 2.45) is 18.9 Å². The van der Waals surface area contributed by atoms with E-state index in [-0.39, 0.29) is 11.8 Å². The van der Waals surface area contributed by atoms with Crippen LogP contribution in [-0.4, -0.2) is 27.4 Å². The first-order chi connectivity index (χ1) is 8.68. The van der Waals surface area contributed by atoms with Gasteiger partial charge in [-0.15, -0.1) is 0 Å². The Bertz CT molecular complexity index is 403. The molecule has 2 N–H and O–H groups in total. The van der Waals surface area contributed by atoms with Gasteiger partial charge in [0.25, 0.3) is 0 Å². The second kappa shape index (κ2) is 6.00.